The van der Waals surface area contributed by atoms with Crippen LogP contribution in [0.4, 0.5) is 4.39 Å². The number of ether oxygens (including phenoxy) is 1. The Morgan fingerprint density at radius 2 is 1.92 bits per heavy atom. The normalized spacial score (nSPS) is 22.6. The maximum absolute atomic E-state index is 12.9. The quantitative estimate of drug-likeness (QED) is 0.867. The molecule has 2 heterocycles. The molecule has 0 unspecified atom stereocenters. The summed E-state index contributed by atoms with van der Waals surface area (Å²) >= 11 is 0. The lowest BCUT2D eigenvalue weighted by Crippen LogP contribution is -2.42. The third-order valence-electron chi connectivity index (χ3n) is 5.12. The molecule has 0 bridgehead atoms. The summed E-state index contributed by atoms with van der Waals surface area (Å²) in [5.74, 6) is 1.06. The van der Waals surface area contributed by atoms with Crippen molar-refractivity contribution in [1.29, 1.82) is 0 Å². The average Bonchev–Trinajstić information content (AvgIpc) is 3.10. The number of carbonyl (C=O) groups excluding carboxylic acids is 1. The van der Waals surface area contributed by atoms with Crippen LogP contribution in [0.3, 0.4) is 0 Å². The Bertz CT molecular complexity index is 521. The number of halogens is 1. The number of benzene rings is 1. The fourth-order valence-electron chi connectivity index (χ4n) is 3.56. The van der Waals surface area contributed by atoms with Crippen molar-refractivity contribution in [2.24, 2.45) is 11.8 Å². The van der Waals surface area contributed by atoms with Gasteiger partial charge in [0.25, 0.3) is 0 Å². The van der Waals surface area contributed by atoms with Crippen LogP contribution in [-0.2, 0) is 16.0 Å². The van der Waals surface area contributed by atoms with Gasteiger partial charge in [-0.25, -0.2) is 4.39 Å². The molecule has 0 aliphatic carbocycles. The molecular weight excluding hydrogens is 307 g/mol. The van der Waals surface area contributed by atoms with Gasteiger partial charge in [0.15, 0.2) is 0 Å². The lowest BCUT2D eigenvalue weighted by molar-refractivity contribution is -0.122. The molecule has 2 saturated heterocycles. The molecule has 1 aromatic rings. The number of nitrogens with one attached hydrogen (secondary N) is 1. The first-order valence-corrected chi connectivity index (χ1v) is 9.00. The monoisotopic (exact) mass is 334 g/mol. The summed E-state index contributed by atoms with van der Waals surface area (Å²) in [5.41, 5.74) is 1.20. The summed E-state index contributed by atoms with van der Waals surface area (Å²) in [6, 6.07) is 6.82. The number of hydrogen-bond acceptors (Lipinski definition) is 3. The first kappa shape index (κ1) is 17.4. The molecule has 0 spiro atoms. The summed E-state index contributed by atoms with van der Waals surface area (Å²) in [6.07, 6.45) is 4.25. The van der Waals surface area contributed by atoms with Crippen LogP contribution < -0.4 is 5.32 Å². The minimum Gasteiger partial charge on any atom is -0.381 e. The molecule has 1 aromatic carbocycles. The molecule has 0 saturated carbocycles. The second kappa shape index (κ2) is 8.58. The number of nitrogens with zero attached hydrogens (tertiary/aromatic N) is 1. The van der Waals surface area contributed by atoms with Gasteiger partial charge in [-0.1, -0.05) is 12.1 Å². The predicted octanol–water partition coefficient (Wildman–Crippen LogP) is 2.23. The van der Waals surface area contributed by atoms with Crippen LogP contribution in [0.2, 0.25) is 0 Å². The number of carbonyl (C=O) groups is 1. The van der Waals surface area contributed by atoms with Gasteiger partial charge in [-0.2, -0.15) is 0 Å². The number of piperidine rings is 1. The molecule has 4 nitrogen and oxygen atoms in total. The zero-order chi connectivity index (χ0) is 16.8. The molecule has 2 aliphatic heterocycles. The van der Waals surface area contributed by atoms with Crippen molar-refractivity contribution in [3.8, 4) is 0 Å². The first-order valence-electron chi connectivity index (χ1n) is 9.00. The Balaban J connectivity index is 1.34. The minimum atomic E-state index is -0.177. The molecule has 1 N–H and O–H groups in total. The smallest absolute Gasteiger partial charge is 0.234 e. The molecule has 24 heavy (non-hydrogen) atoms. The van der Waals surface area contributed by atoms with Crippen LogP contribution in [0.15, 0.2) is 24.3 Å². The van der Waals surface area contributed by atoms with Crippen LogP contribution in [0.1, 0.15) is 24.8 Å². The van der Waals surface area contributed by atoms with Gasteiger partial charge in [0.2, 0.25) is 5.91 Å². The van der Waals surface area contributed by atoms with E-state index >= 15 is 0 Å². The summed E-state index contributed by atoms with van der Waals surface area (Å²) in [4.78, 5) is 14.3. The van der Waals surface area contributed by atoms with Crippen LogP contribution in [0, 0.1) is 17.7 Å². The third-order valence-corrected chi connectivity index (χ3v) is 5.12. The van der Waals surface area contributed by atoms with Gasteiger partial charge in [0.05, 0.1) is 13.2 Å². The Labute approximate surface area is 143 Å². The Morgan fingerprint density at radius 1 is 1.17 bits per heavy atom. The van der Waals surface area contributed by atoms with Crippen LogP contribution >= 0.6 is 0 Å². The second-order valence-corrected chi connectivity index (χ2v) is 7.08. The van der Waals surface area contributed by atoms with Crippen LogP contribution in [0.25, 0.3) is 0 Å². The molecule has 0 aromatic heterocycles. The number of rotatable bonds is 6. The van der Waals surface area contributed by atoms with Crippen molar-refractivity contribution >= 4 is 5.91 Å². The second-order valence-electron chi connectivity index (χ2n) is 7.08. The van der Waals surface area contributed by atoms with Crippen molar-refractivity contribution in [2.45, 2.75) is 25.7 Å². The highest BCUT2D eigenvalue weighted by atomic mass is 19.1. The van der Waals surface area contributed by atoms with Crippen molar-refractivity contribution in [1.82, 2.24) is 10.2 Å². The van der Waals surface area contributed by atoms with E-state index in [0.29, 0.717) is 18.4 Å². The Morgan fingerprint density at radius 3 is 2.58 bits per heavy atom. The third kappa shape index (κ3) is 5.28. The summed E-state index contributed by atoms with van der Waals surface area (Å²) < 4.78 is 18.3. The average molecular weight is 334 g/mol. The van der Waals surface area contributed by atoms with Gasteiger partial charge in [-0.05, 0) is 62.4 Å². The molecule has 1 atom stereocenters. The van der Waals surface area contributed by atoms with E-state index < -0.39 is 0 Å². The van der Waals surface area contributed by atoms with Crippen molar-refractivity contribution in [3.05, 3.63) is 35.6 Å². The van der Waals surface area contributed by atoms with Crippen molar-refractivity contribution in [3.63, 3.8) is 0 Å². The number of hydrogen-bond donors (Lipinski definition) is 1. The SMILES string of the molecule is O=C(CN1CCC(Cc2ccc(F)cc2)CC1)NC[C@@H]1CCOC1. The fourth-order valence-corrected chi connectivity index (χ4v) is 3.56. The van der Waals surface area contributed by atoms with Gasteiger partial charge in [-0.3, -0.25) is 9.69 Å². The largest absolute Gasteiger partial charge is 0.381 e. The standard InChI is InChI=1S/C19H27FN2O2/c20-18-3-1-15(2-4-18)11-16-5-8-22(9-6-16)13-19(23)21-12-17-7-10-24-14-17/h1-4,16-17H,5-14H2,(H,21,23)/t17-/m0/s1. The minimum absolute atomic E-state index is 0.124. The summed E-state index contributed by atoms with van der Waals surface area (Å²) in [5, 5.41) is 3.03. The van der Waals surface area contributed by atoms with E-state index in [9.17, 15) is 9.18 Å². The topological polar surface area (TPSA) is 41.6 Å². The molecule has 1 amide bonds. The van der Waals surface area contributed by atoms with Gasteiger partial charge >= 0.3 is 0 Å². The molecular formula is C19H27FN2O2. The van der Waals surface area contributed by atoms with Gasteiger partial charge in [0, 0.05) is 19.1 Å². The highest BCUT2D eigenvalue weighted by Gasteiger charge is 2.22. The Hall–Kier alpha value is -1.46. The van der Waals surface area contributed by atoms with Crippen LogP contribution in [0.5, 0.6) is 0 Å². The van der Waals surface area contributed by atoms with E-state index in [1.165, 1.54) is 17.7 Å². The Kier molecular flexibility index (Phi) is 6.21. The molecule has 0 radical (unpaired) electrons. The van der Waals surface area contributed by atoms with E-state index in [2.05, 4.69) is 10.2 Å². The van der Waals surface area contributed by atoms with Gasteiger partial charge < -0.3 is 10.1 Å². The maximum Gasteiger partial charge on any atom is 0.234 e. The lowest BCUT2D eigenvalue weighted by atomic mass is 9.90. The van der Waals surface area contributed by atoms with E-state index in [1.807, 2.05) is 12.1 Å². The number of amides is 1. The van der Waals surface area contributed by atoms with Gasteiger partial charge in [-0.15, -0.1) is 0 Å². The van der Waals surface area contributed by atoms with Crippen molar-refractivity contribution in [2.75, 3.05) is 39.4 Å². The summed E-state index contributed by atoms with van der Waals surface area (Å²) in [6.45, 7) is 4.76. The molecule has 3 rings (SSSR count). The molecule has 2 aliphatic rings. The molecule has 2 fully saturated rings. The maximum atomic E-state index is 12.9. The molecule has 132 valence electrons. The highest BCUT2D eigenvalue weighted by Crippen LogP contribution is 2.21. The predicted molar refractivity (Wildman–Crippen MR) is 91.2 cm³/mol. The summed E-state index contributed by atoms with van der Waals surface area (Å²) in [7, 11) is 0. The number of likely N-dealkylation sites (tertiary alicyclic amines) is 1. The fraction of sp³-hybridized carbons (Fsp3) is 0.632. The zero-order valence-corrected chi connectivity index (χ0v) is 14.2. The van der Waals surface area contributed by atoms with Crippen molar-refractivity contribution < 1.29 is 13.9 Å². The van der Waals surface area contributed by atoms with E-state index in [0.717, 1.165) is 58.5 Å². The first-order chi connectivity index (χ1) is 11.7. The van der Waals surface area contributed by atoms with Gasteiger partial charge in [0.1, 0.15) is 5.82 Å². The van der Waals surface area contributed by atoms with E-state index in [-0.39, 0.29) is 11.7 Å². The lowest BCUT2D eigenvalue weighted by Gasteiger charge is -2.31. The van der Waals surface area contributed by atoms with E-state index in [1.54, 1.807) is 0 Å². The van der Waals surface area contributed by atoms with E-state index in [4.69, 9.17) is 4.74 Å². The highest BCUT2D eigenvalue weighted by molar-refractivity contribution is 5.78. The zero-order valence-electron chi connectivity index (χ0n) is 14.2. The molecule has 5 heteroatoms. The van der Waals surface area contributed by atoms with Crippen LogP contribution in [-0.4, -0.2) is 50.2 Å².